The van der Waals surface area contributed by atoms with Crippen LogP contribution in [0.25, 0.3) is 10.9 Å². The predicted octanol–water partition coefficient (Wildman–Crippen LogP) is 0.721. The maximum atomic E-state index is 13.5. The zero-order chi connectivity index (χ0) is 25.1. The monoisotopic (exact) mass is 498 g/mol. The lowest BCUT2D eigenvalue weighted by molar-refractivity contribution is -0.342. The van der Waals surface area contributed by atoms with Crippen LogP contribution in [0.1, 0.15) is 37.1 Å². The molecule has 2 saturated heterocycles. The van der Waals surface area contributed by atoms with Gasteiger partial charge < -0.3 is 39.5 Å². The second-order valence-corrected chi connectivity index (χ2v) is 10.00. The summed E-state index contributed by atoms with van der Waals surface area (Å²) in [5, 5.41) is 41.1. The molecule has 10 nitrogen and oxygen atoms in total. The first-order valence-electron chi connectivity index (χ1n) is 12.4. The highest BCUT2D eigenvalue weighted by Crippen LogP contribution is 2.49. The van der Waals surface area contributed by atoms with Gasteiger partial charge in [0, 0.05) is 23.8 Å². The number of pyridine rings is 1. The number of carbonyl (C=O) groups excluding carboxylic acids is 1. The van der Waals surface area contributed by atoms with Crippen molar-refractivity contribution in [3.63, 3.8) is 0 Å². The van der Waals surface area contributed by atoms with Crippen LogP contribution >= 0.6 is 0 Å². The number of aliphatic hydroxyl groups excluding tert-OH is 4. The van der Waals surface area contributed by atoms with Crippen molar-refractivity contribution >= 4 is 16.8 Å². The van der Waals surface area contributed by atoms with Gasteiger partial charge in [0.05, 0.1) is 35.7 Å². The number of amides is 1. The van der Waals surface area contributed by atoms with E-state index in [-0.39, 0.29) is 23.8 Å². The summed E-state index contributed by atoms with van der Waals surface area (Å²) in [4.78, 5) is 20.3. The molecule has 2 aromatic rings. The van der Waals surface area contributed by atoms with E-state index in [1.165, 1.54) is 6.26 Å². The fourth-order valence-corrected chi connectivity index (χ4v) is 6.07. The van der Waals surface area contributed by atoms with Gasteiger partial charge in [-0.3, -0.25) is 9.78 Å². The number of fused-ring (bicyclic) bond motifs is 5. The number of piperidine rings is 1. The molecule has 192 valence electrons. The molecule has 9 atom stereocenters. The number of para-hydroxylation sites is 1. The topological polar surface area (TPSA) is 142 Å². The fourth-order valence-electron chi connectivity index (χ4n) is 6.07. The van der Waals surface area contributed by atoms with Gasteiger partial charge in [-0.15, -0.1) is 0 Å². The molecule has 0 saturated carbocycles. The van der Waals surface area contributed by atoms with Gasteiger partial charge in [-0.1, -0.05) is 25.1 Å². The Balaban J connectivity index is 1.27. The molecule has 1 amide bonds. The Kier molecular flexibility index (Phi) is 5.98. The van der Waals surface area contributed by atoms with Crippen LogP contribution in [-0.2, 0) is 25.5 Å². The van der Waals surface area contributed by atoms with Crippen molar-refractivity contribution in [2.45, 2.75) is 69.3 Å². The SMILES string of the molecule is CC[C@H]1[C@H](O[C@@H]2O[C@H](CO)[C@@H](O)[C@H](O)[C@H]2O)OC=C2C(=O)N3Cc4cc5ccccc5nc4[C@@H]3C[C@H]21. The minimum atomic E-state index is -1.55. The molecule has 4 aliphatic heterocycles. The first-order valence-corrected chi connectivity index (χ1v) is 12.4. The van der Waals surface area contributed by atoms with E-state index in [0.717, 1.165) is 22.2 Å². The molecule has 0 bridgehead atoms. The van der Waals surface area contributed by atoms with Crippen LogP contribution < -0.4 is 0 Å². The van der Waals surface area contributed by atoms with Crippen molar-refractivity contribution in [3.05, 3.63) is 53.4 Å². The number of rotatable bonds is 4. The Hall–Kier alpha value is -2.60. The molecule has 6 rings (SSSR count). The van der Waals surface area contributed by atoms with E-state index < -0.39 is 43.6 Å². The van der Waals surface area contributed by atoms with Crippen molar-refractivity contribution < 1.29 is 39.4 Å². The smallest absolute Gasteiger partial charge is 0.254 e. The third-order valence-corrected chi connectivity index (χ3v) is 8.04. The summed E-state index contributed by atoms with van der Waals surface area (Å²) in [7, 11) is 0. The maximum Gasteiger partial charge on any atom is 0.254 e. The molecule has 4 N–H and O–H groups in total. The lowest BCUT2D eigenvalue weighted by atomic mass is 9.75. The number of carbonyl (C=O) groups is 1. The Morgan fingerprint density at radius 2 is 1.94 bits per heavy atom. The molecule has 0 unspecified atom stereocenters. The Labute approximate surface area is 207 Å². The van der Waals surface area contributed by atoms with Crippen molar-refractivity contribution in [2.75, 3.05) is 6.61 Å². The van der Waals surface area contributed by atoms with Gasteiger partial charge in [0.15, 0.2) is 6.29 Å². The van der Waals surface area contributed by atoms with Crippen LogP contribution in [0.4, 0.5) is 0 Å². The molecular formula is C26H30N2O8. The first-order chi connectivity index (χ1) is 17.4. The van der Waals surface area contributed by atoms with Crippen molar-refractivity contribution in [1.82, 2.24) is 9.88 Å². The first kappa shape index (κ1) is 23.8. The average Bonchev–Trinajstić information content (AvgIpc) is 3.25. The molecule has 4 aliphatic rings. The van der Waals surface area contributed by atoms with E-state index in [0.29, 0.717) is 25.0 Å². The highest BCUT2D eigenvalue weighted by atomic mass is 16.8. The van der Waals surface area contributed by atoms with Crippen molar-refractivity contribution in [1.29, 1.82) is 0 Å². The molecule has 0 radical (unpaired) electrons. The van der Waals surface area contributed by atoms with E-state index in [1.54, 1.807) is 0 Å². The summed E-state index contributed by atoms with van der Waals surface area (Å²) >= 11 is 0. The van der Waals surface area contributed by atoms with Crippen LogP contribution in [0.2, 0.25) is 0 Å². The molecule has 1 aromatic heterocycles. The molecule has 1 aromatic carbocycles. The predicted molar refractivity (Wildman–Crippen MR) is 125 cm³/mol. The summed E-state index contributed by atoms with van der Waals surface area (Å²) in [5.41, 5.74) is 3.46. The summed E-state index contributed by atoms with van der Waals surface area (Å²) in [6.45, 7) is 1.93. The Bertz CT molecular complexity index is 1200. The lowest BCUT2D eigenvalue weighted by Gasteiger charge is -2.46. The Morgan fingerprint density at radius 1 is 1.14 bits per heavy atom. The quantitative estimate of drug-likeness (QED) is 0.480. The van der Waals surface area contributed by atoms with Crippen LogP contribution in [0.5, 0.6) is 0 Å². The second kappa shape index (κ2) is 9.05. The lowest BCUT2D eigenvalue weighted by Crippen LogP contribution is -2.60. The van der Waals surface area contributed by atoms with Gasteiger partial charge in [-0.2, -0.15) is 0 Å². The van der Waals surface area contributed by atoms with Gasteiger partial charge in [-0.25, -0.2) is 0 Å². The van der Waals surface area contributed by atoms with Gasteiger partial charge in [0.25, 0.3) is 5.91 Å². The molecule has 0 aliphatic carbocycles. The number of aliphatic hydroxyl groups is 4. The normalized spacial score (nSPS) is 37.7. The van der Waals surface area contributed by atoms with Crippen LogP contribution in [-0.4, -0.2) is 79.8 Å². The molecular weight excluding hydrogens is 468 g/mol. The molecule has 10 heteroatoms. The molecule has 36 heavy (non-hydrogen) atoms. The van der Waals surface area contributed by atoms with E-state index in [2.05, 4.69) is 6.07 Å². The van der Waals surface area contributed by atoms with Gasteiger partial charge in [0.2, 0.25) is 6.29 Å². The van der Waals surface area contributed by atoms with E-state index in [4.69, 9.17) is 19.2 Å². The summed E-state index contributed by atoms with van der Waals surface area (Å²) in [6.07, 6.45) is -5.07. The van der Waals surface area contributed by atoms with E-state index in [1.807, 2.05) is 36.1 Å². The van der Waals surface area contributed by atoms with Crippen molar-refractivity contribution in [2.24, 2.45) is 11.8 Å². The molecule has 2 fully saturated rings. The van der Waals surface area contributed by atoms with Gasteiger partial charge in [-0.05, 0) is 30.5 Å². The molecule has 5 heterocycles. The fraction of sp³-hybridized carbons (Fsp3) is 0.538. The number of hydrogen-bond donors (Lipinski definition) is 4. The van der Waals surface area contributed by atoms with Gasteiger partial charge >= 0.3 is 0 Å². The largest absolute Gasteiger partial charge is 0.472 e. The third kappa shape index (κ3) is 3.63. The average molecular weight is 499 g/mol. The number of benzene rings is 1. The Morgan fingerprint density at radius 3 is 2.72 bits per heavy atom. The van der Waals surface area contributed by atoms with Crippen LogP contribution in [0, 0.1) is 11.8 Å². The number of hydrogen-bond acceptors (Lipinski definition) is 9. The zero-order valence-electron chi connectivity index (χ0n) is 19.8. The summed E-state index contributed by atoms with van der Waals surface area (Å²) in [5.74, 6) is -0.470. The maximum absolute atomic E-state index is 13.5. The highest BCUT2D eigenvalue weighted by molar-refractivity contribution is 5.96. The highest BCUT2D eigenvalue weighted by Gasteiger charge is 2.51. The van der Waals surface area contributed by atoms with Crippen LogP contribution in [0.15, 0.2) is 42.2 Å². The number of aromatic nitrogens is 1. The summed E-state index contributed by atoms with van der Waals surface area (Å²) in [6, 6.07) is 9.88. The van der Waals surface area contributed by atoms with E-state index >= 15 is 0 Å². The van der Waals surface area contributed by atoms with Crippen LogP contribution in [0.3, 0.4) is 0 Å². The third-order valence-electron chi connectivity index (χ3n) is 8.04. The molecule has 0 spiro atoms. The minimum Gasteiger partial charge on any atom is -0.472 e. The number of ether oxygens (including phenoxy) is 3. The standard InChI is InChI=1S/C26H30N2O8/c1-2-14-15-8-18-20-13(7-12-5-3-4-6-17(12)27-20)9-28(18)24(33)16(15)11-34-25(14)36-26-23(32)22(31)21(30)19(10-29)35-26/h3-7,11,14-15,18-19,21-23,25-26,29-32H,2,8-10H2,1H3/t14-,15+,18+,19-,21-,22+,23-,25+,26+/m1/s1. The zero-order valence-corrected chi connectivity index (χ0v) is 19.8. The minimum absolute atomic E-state index is 0.0805. The summed E-state index contributed by atoms with van der Waals surface area (Å²) < 4.78 is 17.3. The van der Waals surface area contributed by atoms with Gasteiger partial charge in [0.1, 0.15) is 24.4 Å². The van der Waals surface area contributed by atoms with Crippen molar-refractivity contribution in [3.8, 4) is 0 Å². The van der Waals surface area contributed by atoms with E-state index in [9.17, 15) is 25.2 Å². The number of nitrogens with zero attached hydrogens (tertiary/aromatic N) is 2. The second-order valence-electron chi connectivity index (χ2n) is 10.00.